The van der Waals surface area contributed by atoms with Crippen molar-refractivity contribution in [3.05, 3.63) is 59.0 Å². The average molecular weight is 359 g/mol. The van der Waals surface area contributed by atoms with Crippen molar-refractivity contribution in [3.63, 3.8) is 0 Å². The Morgan fingerprint density at radius 3 is 2.96 bits per heavy atom. The molecule has 7 heteroatoms. The lowest BCUT2D eigenvalue weighted by Crippen LogP contribution is -2.37. The van der Waals surface area contributed by atoms with Crippen LogP contribution in [0.2, 0.25) is 5.02 Å². The molecular formula is C18H19ClN4O2. The van der Waals surface area contributed by atoms with Crippen LogP contribution in [-0.2, 0) is 11.2 Å². The Kier molecular flexibility index (Phi) is 5.19. The van der Waals surface area contributed by atoms with E-state index in [0.717, 1.165) is 17.0 Å². The summed E-state index contributed by atoms with van der Waals surface area (Å²) < 4.78 is 7.62. The molecule has 2 heterocycles. The Balaban J connectivity index is 1.53. The first-order valence-corrected chi connectivity index (χ1v) is 8.41. The van der Waals surface area contributed by atoms with E-state index in [1.54, 1.807) is 25.1 Å². The van der Waals surface area contributed by atoms with Gasteiger partial charge in [0.15, 0.2) is 11.8 Å². The van der Waals surface area contributed by atoms with Gasteiger partial charge in [0.05, 0.1) is 0 Å². The van der Waals surface area contributed by atoms with Gasteiger partial charge in [-0.1, -0.05) is 17.7 Å². The number of nitrogens with one attached hydrogen (secondary N) is 1. The maximum atomic E-state index is 12.2. The summed E-state index contributed by atoms with van der Waals surface area (Å²) >= 11 is 5.93. The third-order valence-corrected chi connectivity index (χ3v) is 4.08. The minimum absolute atomic E-state index is 0.178. The number of hydrogen-bond acceptors (Lipinski definition) is 4. The smallest absolute Gasteiger partial charge is 0.260 e. The molecular weight excluding hydrogens is 340 g/mol. The number of amides is 1. The van der Waals surface area contributed by atoms with E-state index in [9.17, 15) is 4.79 Å². The first-order chi connectivity index (χ1) is 12.0. The number of hydrogen-bond donors (Lipinski definition) is 1. The van der Waals surface area contributed by atoms with E-state index in [0.29, 0.717) is 23.7 Å². The number of aryl methyl sites for hydroxylation is 1. The molecule has 0 aliphatic carbocycles. The van der Waals surface area contributed by atoms with Crippen molar-refractivity contribution in [2.24, 2.45) is 0 Å². The zero-order chi connectivity index (χ0) is 17.8. The predicted molar refractivity (Wildman–Crippen MR) is 96.0 cm³/mol. The number of benzene rings is 1. The lowest BCUT2D eigenvalue weighted by molar-refractivity contribution is -0.127. The molecule has 0 radical (unpaired) electrons. The SMILES string of the molecule is Cc1cc(Cl)ccc1OC(C)C(=O)NCCc1nnc2ccccn12. The van der Waals surface area contributed by atoms with Gasteiger partial charge in [-0.15, -0.1) is 10.2 Å². The molecule has 1 unspecified atom stereocenters. The summed E-state index contributed by atoms with van der Waals surface area (Å²) in [6.07, 6.45) is 1.89. The van der Waals surface area contributed by atoms with E-state index in [-0.39, 0.29) is 5.91 Å². The minimum atomic E-state index is -0.602. The summed E-state index contributed by atoms with van der Waals surface area (Å²) in [5, 5.41) is 11.7. The van der Waals surface area contributed by atoms with Crippen LogP contribution >= 0.6 is 11.6 Å². The number of pyridine rings is 1. The molecule has 130 valence electrons. The van der Waals surface area contributed by atoms with Crippen molar-refractivity contribution in [1.29, 1.82) is 0 Å². The fraction of sp³-hybridized carbons (Fsp3) is 0.278. The number of carbonyl (C=O) groups excluding carboxylic acids is 1. The third kappa shape index (κ3) is 4.09. The maximum Gasteiger partial charge on any atom is 0.260 e. The number of carbonyl (C=O) groups is 1. The molecule has 0 spiro atoms. The number of rotatable bonds is 6. The number of nitrogens with zero attached hydrogens (tertiary/aromatic N) is 3. The molecule has 1 atom stereocenters. The average Bonchev–Trinajstić information content (AvgIpc) is 3.00. The van der Waals surface area contributed by atoms with Crippen molar-refractivity contribution in [2.45, 2.75) is 26.4 Å². The highest BCUT2D eigenvalue weighted by Gasteiger charge is 2.15. The molecule has 3 aromatic rings. The van der Waals surface area contributed by atoms with Crippen molar-refractivity contribution in [1.82, 2.24) is 19.9 Å². The topological polar surface area (TPSA) is 68.5 Å². The van der Waals surface area contributed by atoms with E-state index >= 15 is 0 Å². The highest BCUT2D eigenvalue weighted by Crippen LogP contribution is 2.22. The van der Waals surface area contributed by atoms with Gasteiger partial charge in [0.2, 0.25) is 0 Å². The maximum absolute atomic E-state index is 12.2. The molecule has 0 aliphatic rings. The molecule has 0 bridgehead atoms. The van der Waals surface area contributed by atoms with Crippen LogP contribution in [0.1, 0.15) is 18.3 Å². The lowest BCUT2D eigenvalue weighted by Gasteiger charge is -2.16. The molecule has 3 rings (SSSR count). The molecule has 0 aliphatic heterocycles. The van der Waals surface area contributed by atoms with E-state index in [1.165, 1.54) is 0 Å². The quantitative estimate of drug-likeness (QED) is 0.735. The molecule has 1 aromatic carbocycles. The van der Waals surface area contributed by atoms with Crippen LogP contribution < -0.4 is 10.1 Å². The van der Waals surface area contributed by atoms with Crippen molar-refractivity contribution in [3.8, 4) is 5.75 Å². The third-order valence-electron chi connectivity index (χ3n) is 3.84. The highest BCUT2D eigenvalue weighted by atomic mass is 35.5. The fourth-order valence-electron chi connectivity index (χ4n) is 2.49. The Labute approximate surface area is 150 Å². The normalized spacial score (nSPS) is 12.1. The van der Waals surface area contributed by atoms with E-state index in [4.69, 9.17) is 16.3 Å². The molecule has 1 N–H and O–H groups in total. The summed E-state index contributed by atoms with van der Waals surface area (Å²) in [4.78, 5) is 12.2. The number of halogens is 1. The van der Waals surface area contributed by atoms with Crippen LogP contribution in [0.3, 0.4) is 0 Å². The van der Waals surface area contributed by atoms with Crippen LogP contribution in [0.25, 0.3) is 5.65 Å². The van der Waals surface area contributed by atoms with Crippen molar-refractivity contribution >= 4 is 23.2 Å². The largest absolute Gasteiger partial charge is 0.481 e. The monoisotopic (exact) mass is 358 g/mol. The highest BCUT2D eigenvalue weighted by molar-refractivity contribution is 6.30. The van der Waals surface area contributed by atoms with E-state index in [1.807, 2.05) is 35.7 Å². The van der Waals surface area contributed by atoms with Crippen LogP contribution in [0.4, 0.5) is 0 Å². The van der Waals surface area contributed by atoms with Gasteiger partial charge in [-0.25, -0.2) is 0 Å². The Morgan fingerprint density at radius 1 is 1.32 bits per heavy atom. The van der Waals surface area contributed by atoms with Crippen LogP contribution in [-0.4, -0.2) is 33.2 Å². The number of aromatic nitrogens is 3. The Hall–Kier alpha value is -2.60. The summed E-state index contributed by atoms with van der Waals surface area (Å²) in [6, 6.07) is 11.0. The second-order valence-corrected chi connectivity index (χ2v) is 6.19. The Bertz CT molecular complexity index is 894. The molecule has 0 fully saturated rings. The molecule has 25 heavy (non-hydrogen) atoms. The van der Waals surface area contributed by atoms with E-state index < -0.39 is 6.10 Å². The van der Waals surface area contributed by atoms with Gasteiger partial charge in [-0.3, -0.25) is 9.20 Å². The second-order valence-electron chi connectivity index (χ2n) is 5.76. The molecule has 2 aromatic heterocycles. The first kappa shape index (κ1) is 17.2. The second kappa shape index (κ2) is 7.53. The standard InChI is InChI=1S/C18H19ClN4O2/c1-12-11-14(19)6-7-15(12)25-13(2)18(24)20-9-8-17-22-21-16-5-3-4-10-23(16)17/h3-7,10-11,13H,8-9H2,1-2H3,(H,20,24). The zero-order valence-corrected chi connectivity index (χ0v) is 14.8. The van der Waals surface area contributed by atoms with Gasteiger partial charge in [0, 0.05) is 24.2 Å². The van der Waals surface area contributed by atoms with Gasteiger partial charge in [-0.05, 0) is 49.7 Å². The molecule has 6 nitrogen and oxygen atoms in total. The summed E-state index contributed by atoms with van der Waals surface area (Å²) in [6.45, 7) is 4.07. The summed E-state index contributed by atoms with van der Waals surface area (Å²) in [5.41, 5.74) is 1.68. The van der Waals surface area contributed by atoms with Crippen LogP contribution in [0.5, 0.6) is 5.75 Å². The number of ether oxygens (including phenoxy) is 1. The molecule has 0 saturated heterocycles. The van der Waals surface area contributed by atoms with Crippen LogP contribution in [0, 0.1) is 6.92 Å². The summed E-state index contributed by atoms with van der Waals surface area (Å²) in [5.74, 6) is 1.27. The first-order valence-electron chi connectivity index (χ1n) is 8.04. The molecule has 1 amide bonds. The van der Waals surface area contributed by atoms with Crippen molar-refractivity contribution < 1.29 is 9.53 Å². The van der Waals surface area contributed by atoms with Gasteiger partial charge in [-0.2, -0.15) is 0 Å². The van der Waals surface area contributed by atoms with Gasteiger partial charge in [0.1, 0.15) is 11.6 Å². The van der Waals surface area contributed by atoms with Gasteiger partial charge in [0.25, 0.3) is 5.91 Å². The zero-order valence-electron chi connectivity index (χ0n) is 14.1. The minimum Gasteiger partial charge on any atom is -0.481 e. The summed E-state index contributed by atoms with van der Waals surface area (Å²) in [7, 11) is 0. The van der Waals surface area contributed by atoms with Crippen LogP contribution in [0.15, 0.2) is 42.6 Å². The van der Waals surface area contributed by atoms with Gasteiger partial charge >= 0.3 is 0 Å². The Morgan fingerprint density at radius 2 is 2.16 bits per heavy atom. The number of fused-ring (bicyclic) bond motifs is 1. The van der Waals surface area contributed by atoms with Crippen molar-refractivity contribution in [2.75, 3.05) is 6.54 Å². The van der Waals surface area contributed by atoms with Gasteiger partial charge < -0.3 is 10.1 Å². The van der Waals surface area contributed by atoms with E-state index in [2.05, 4.69) is 15.5 Å². The lowest BCUT2D eigenvalue weighted by atomic mass is 10.2. The predicted octanol–water partition coefficient (Wildman–Crippen LogP) is 2.82. The fourth-order valence-corrected chi connectivity index (χ4v) is 2.72. The molecule has 0 saturated carbocycles.